The molecule has 0 saturated carbocycles. The number of hydrogen-bond acceptors (Lipinski definition) is 4. The number of amides is 2. The van der Waals surface area contributed by atoms with E-state index in [4.69, 9.17) is 11.5 Å². The summed E-state index contributed by atoms with van der Waals surface area (Å²) in [6.45, 7) is 2.47. The van der Waals surface area contributed by atoms with Crippen molar-refractivity contribution < 1.29 is 9.59 Å². The Balaban J connectivity index is 2.62. The van der Waals surface area contributed by atoms with Gasteiger partial charge in [-0.15, -0.1) is 11.3 Å². The first-order chi connectivity index (χ1) is 8.08. The lowest BCUT2D eigenvalue weighted by molar-refractivity contribution is -0.117. The SMILES string of the molecule is CCC(CN)CC(=O)Nc1sccc1C(N)=O. The smallest absolute Gasteiger partial charge is 0.251 e. The molecule has 5 nitrogen and oxygen atoms in total. The van der Waals surface area contributed by atoms with E-state index in [1.807, 2.05) is 6.92 Å². The monoisotopic (exact) mass is 255 g/mol. The standard InChI is InChI=1S/C11H17N3O2S/c1-2-7(6-12)5-9(15)14-11-8(10(13)16)3-4-17-11/h3-4,7H,2,5-6,12H2,1H3,(H2,13,16)(H,14,15). The Morgan fingerprint density at radius 3 is 2.76 bits per heavy atom. The molecule has 0 bridgehead atoms. The molecule has 1 atom stereocenters. The van der Waals surface area contributed by atoms with Gasteiger partial charge in [-0.05, 0) is 23.9 Å². The number of nitrogens with one attached hydrogen (secondary N) is 1. The summed E-state index contributed by atoms with van der Waals surface area (Å²) in [7, 11) is 0. The zero-order valence-electron chi connectivity index (χ0n) is 9.73. The summed E-state index contributed by atoms with van der Waals surface area (Å²) in [4.78, 5) is 22.8. The molecule has 1 heterocycles. The average molecular weight is 255 g/mol. The van der Waals surface area contributed by atoms with E-state index in [1.165, 1.54) is 11.3 Å². The number of carbonyl (C=O) groups excluding carboxylic acids is 2. The van der Waals surface area contributed by atoms with Crippen LogP contribution >= 0.6 is 11.3 Å². The molecule has 0 fully saturated rings. The highest BCUT2D eigenvalue weighted by molar-refractivity contribution is 7.14. The maximum Gasteiger partial charge on any atom is 0.251 e. The van der Waals surface area contributed by atoms with Gasteiger partial charge < -0.3 is 16.8 Å². The molecule has 1 rings (SSSR count). The lowest BCUT2D eigenvalue weighted by atomic mass is 10.0. The summed E-state index contributed by atoms with van der Waals surface area (Å²) in [5, 5.41) is 4.92. The van der Waals surface area contributed by atoms with E-state index >= 15 is 0 Å². The minimum atomic E-state index is -0.535. The van der Waals surface area contributed by atoms with Crippen LogP contribution in [0.2, 0.25) is 0 Å². The number of hydrogen-bond donors (Lipinski definition) is 3. The summed E-state index contributed by atoms with van der Waals surface area (Å²) in [6.07, 6.45) is 1.22. The Morgan fingerprint density at radius 1 is 1.53 bits per heavy atom. The van der Waals surface area contributed by atoms with Crippen LogP contribution in [-0.2, 0) is 4.79 Å². The van der Waals surface area contributed by atoms with Gasteiger partial charge in [0.25, 0.3) is 5.91 Å². The van der Waals surface area contributed by atoms with Gasteiger partial charge in [0, 0.05) is 6.42 Å². The second-order valence-corrected chi connectivity index (χ2v) is 4.71. The molecule has 1 unspecified atom stereocenters. The zero-order chi connectivity index (χ0) is 12.8. The van der Waals surface area contributed by atoms with Crippen molar-refractivity contribution in [3.8, 4) is 0 Å². The summed E-state index contributed by atoms with van der Waals surface area (Å²) in [5.41, 5.74) is 11.1. The van der Waals surface area contributed by atoms with Gasteiger partial charge in [0.2, 0.25) is 5.91 Å². The van der Waals surface area contributed by atoms with Gasteiger partial charge in [-0.3, -0.25) is 9.59 Å². The van der Waals surface area contributed by atoms with Gasteiger partial charge in [-0.1, -0.05) is 13.3 Å². The average Bonchev–Trinajstić information content (AvgIpc) is 2.74. The molecule has 2 amide bonds. The Labute approximate surface area is 104 Å². The molecular formula is C11H17N3O2S. The molecule has 1 aromatic rings. The van der Waals surface area contributed by atoms with Gasteiger partial charge in [-0.2, -0.15) is 0 Å². The molecule has 0 aliphatic carbocycles. The molecule has 94 valence electrons. The third kappa shape index (κ3) is 3.83. The number of nitrogens with two attached hydrogens (primary N) is 2. The van der Waals surface area contributed by atoms with Crippen molar-refractivity contribution in [1.82, 2.24) is 0 Å². The van der Waals surface area contributed by atoms with Crippen LogP contribution in [0.5, 0.6) is 0 Å². The maximum atomic E-state index is 11.7. The van der Waals surface area contributed by atoms with E-state index in [2.05, 4.69) is 5.32 Å². The molecule has 5 N–H and O–H groups in total. The van der Waals surface area contributed by atoms with E-state index < -0.39 is 5.91 Å². The van der Waals surface area contributed by atoms with Crippen LogP contribution in [0.25, 0.3) is 0 Å². The topological polar surface area (TPSA) is 98.2 Å². The molecule has 0 aliphatic rings. The first-order valence-electron chi connectivity index (χ1n) is 5.45. The van der Waals surface area contributed by atoms with Gasteiger partial charge in [0.05, 0.1) is 5.56 Å². The minimum Gasteiger partial charge on any atom is -0.366 e. The summed E-state index contributed by atoms with van der Waals surface area (Å²) < 4.78 is 0. The quantitative estimate of drug-likeness (QED) is 0.711. The van der Waals surface area contributed by atoms with E-state index in [9.17, 15) is 9.59 Å². The van der Waals surface area contributed by atoms with Gasteiger partial charge in [-0.25, -0.2) is 0 Å². The van der Waals surface area contributed by atoms with Crippen LogP contribution < -0.4 is 16.8 Å². The number of thiophene rings is 1. The van der Waals surface area contributed by atoms with E-state index in [-0.39, 0.29) is 11.8 Å². The highest BCUT2D eigenvalue weighted by Gasteiger charge is 2.15. The Hall–Kier alpha value is -1.40. The molecule has 17 heavy (non-hydrogen) atoms. The number of primary amides is 1. The van der Waals surface area contributed by atoms with Crippen molar-refractivity contribution in [2.75, 3.05) is 11.9 Å². The number of anilines is 1. The predicted molar refractivity (Wildman–Crippen MR) is 68.9 cm³/mol. The van der Waals surface area contributed by atoms with Crippen LogP contribution in [0.1, 0.15) is 30.1 Å². The Morgan fingerprint density at radius 2 is 2.24 bits per heavy atom. The largest absolute Gasteiger partial charge is 0.366 e. The van der Waals surface area contributed by atoms with E-state index in [0.29, 0.717) is 23.5 Å². The van der Waals surface area contributed by atoms with E-state index in [1.54, 1.807) is 11.4 Å². The van der Waals surface area contributed by atoms with Gasteiger partial charge >= 0.3 is 0 Å². The lowest BCUT2D eigenvalue weighted by Gasteiger charge is -2.11. The summed E-state index contributed by atoms with van der Waals surface area (Å²) in [5.74, 6) is -0.494. The Kier molecular flexibility index (Phi) is 5.11. The van der Waals surface area contributed by atoms with Crippen molar-refractivity contribution in [1.29, 1.82) is 0 Å². The van der Waals surface area contributed by atoms with Crippen LogP contribution in [0.3, 0.4) is 0 Å². The highest BCUT2D eigenvalue weighted by Crippen LogP contribution is 2.23. The molecule has 0 aliphatic heterocycles. The van der Waals surface area contributed by atoms with Gasteiger partial charge in [0.15, 0.2) is 0 Å². The second kappa shape index (κ2) is 6.36. The minimum absolute atomic E-state index is 0.132. The number of carbonyl (C=O) groups is 2. The van der Waals surface area contributed by atoms with Crippen LogP contribution in [0, 0.1) is 5.92 Å². The van der Waals surface area contributed by atoms with Crippen molar-refractivity contribution >= 4 is 28.2 Å². The normalized spacial score (nSPS) is 12.1. The molecular weight excluding hydrogens is 238 g/mol. The second-order valence-electron chi connectivity index (χ2n) is 3.79. The molecule has 0 saturated heterocycles. The Bertz CT molecular complexity index is 399. The zero-order valence-corrected chi connectivity index (χ0v) is 10.5. The van der Waals surface area contributed by atoms with Crippen molar-refractivity contribution in [2.45, 2.75) is 19.8 Å². The van der Waals surface area contributed by atoms with Crippen molar-refractivity contribution in [2.24, 2.45) is 17.4 Å². The van der Waals surface area contributed by atoms with Gasteiger partial charge in [0.1, 0.15) is 5.00 Å². The highest BCUT2D eigenvalue weighted by atomic mass is 32.1. The fourth-order valence-corrected chi connectivity index (χ4v) is 2.24. The fourth-order valence-electron chi connectivity index (χ4n) is 1.43. The summed E-state index contributed by atoms with van der Waals surface area (Å²) >= 11 is 1.28. The molecule has 0 aromatic carbocycles. The van der Waals surface area contributed by atoms with Crippen molar-refractivity contribution in [3.05, 3.63) is 17.0 Å². The summed E-state index contributed by atoms with van der Waals surface area (Å²) in [6, 6.07) is 1.60. The molecule has 6 heteroatoms. The predicted octanol–water partition coefficient (Wildman–Crippen LogP) is 1.16. The van der Waals surface area contributed by atoms with Crippen LogP contribution in [0.4, 0.5) is 5.00 Å². The third-order valence-corrected chi connectivity index (χ3v) is 3.40. The number of rotatable bonds is 6. The maximum absolute atomic E-state index is 11.7. The van der Waals surface area contributed by atoms with Crippen molar-refractivity contribution in [3.63, 3.8) is 0 Å². The first kappa shape index (κ1) is 13.7. The fraction of sp³-hybridized carbons (Fsp3) is 0.455. The lowest BCUT2D eigenvalue weighted by Crippen LogP contribution is -2.22. The van der Waals surface area contributed by atoms with Crippen LogP contribution in [0.15, 0.2) is 11.4 Å². The molecule has 0 spiro atoms. The van der Waals surface area contributed by atoms with E-state index in [0.717, 1.165) is 6.42 Å². The van der Waals surface area contributed by atoms with Crippen LogP contribution in [-0.4, -0.2) is 18.4 Å². The molecule has 0 radical (unpaired) electrons. The molecule has 1 aromatic heterocycles. The first-order valence-corrected chi connectivity index (χ1v) is 6.33. The third-order valence-electron chi connectivity index (χ3n) is 2.57.